The molecule has 10 heteroatoms. The zero-order valence-electron chi connectivity index (χ0n) is 18.1. The van der Waals surface area contributed by atoms with Gasteiger partial charge in [0.25, 0.3) is 5.56 Å². The Balaban J connectivity index is 1.85. The van der Waals surface area contributed by atoms with Crippen molar-refractivity contribution < 1.29 is 19.1 Å². The maximum atomic E-state index is 13.9. The minimum atomic E-state index is -1.97. The predicted octanol–water partition coefficient (Wildman–Crippen LogP) is 0.949. The maximum absolute atomic E-state index is 13.9. The Hall–Kier alpha value is -4.60. The van der Waals surface area contributed by atoms with E-state index in [0.717, 1.165) is 4.57 Å². The van der Waals surface area contributed by atoms with Crippen LogP contribution >= 0.6 is 0 Å². The Morgan fingerprint density at radius 1 is 1.09 bits per heavy atom. The predicted molar refractivity (Wildman–Crippen MR) is 121 cm³/mol. The van der Waals surface area contributed by atoms with Crippen LogP contribution in [0.2, 0.25) is 0 Å². The van der Waals surface area contributed by atoms with E-state index in [1.165, 1.54) is 0 Å². The van der Waals surface area contributed by atoms with Gasteiger partial charge in [0.2, 0.25) is 17.7 Å². The molecule has 34 heavy (non-hydrogen) atoms. The molecule has 0 bridgehead atoms. The third-order valence-electron chi connectivity index (χ3n) is 5.94. The number of anilines is 1. The van der Waals surface area contributed by atoms with Gasteiger partial charge in [-0.15, -0.1) is 0 Å². The first-order chi connectivity index (χ1) is 16.4. The minimum Gasteiger partial charge on any atom is -0.462 e. The molecule has 1 amide bonds. The van der Waals surface area contributed by atoms with Crippen LogP contribution in [0.1, 0.15) is 23.6 Å². The standard InChI is InChI=1S/C24H20N4O6/c1-2-33-21(30)16-18(25)34-19-17(24(16)14-10-6-7-11-15(14)26-22(24)31)20(29)28(23(32)27-19)12-13-8-4-3-5-9-13/h3-11H,2,12,25H2,1H3,(H,26,31)(H,27,32). The molecule has 2 aromatic carbocycles. The zero-order valence-corrected chi connectivity index (χ0v) is 18.1. The van der Waals surface area contributed by atoms with Gasteiger partial charge in [-0.05, 0) is 18.6 Å². The van der Waals surface area contributed by atoms with Gasteiger partial charge in [-0.3, -0.25) is 19.1 Å². The van der Waals surface area contributed by atoms with Crippen LogP contribution in [-0.4, -0.2) is 28.0 Å². The van der Waals surface area contributed by atoms with Gasteiger partial charge in [-0.2, -0.15) is 0 Å². The molecule has 4 N–H and O–H groups in total. The first-order valence-corrected chi connectivity index (χ1v) is 10.6. The van der Waals surface area contributed by atoms with Gasteiger partial charge >= 0.3 is 11.7 Å². The molecule has 1 spiro atoms. The van der Waals surface area contributed by atoms with Crippen LogP contribution in [0.4, 0.5) is 5.69 Å². The van der Waals surface area contributed by atoms with Crippen LogP contribution < -0.4 is 27.0 Å². The van der Waals surface area contributed by atoms with E-state index < -0.39 is 34.4 Å². The van der Waals surface area contributed by atoms with Crippen LogP contribution in [-0.2, 0) is 26.3 Å². The number of nitrogens with two attached hydrogens (primary N) is 1. The van der Waals surface area contributed by atoms with Crippen molar-refractivity contribution in [3.63, 3.8) is 0 Å². The third-order valence-corrected chi connectivity index (χ3v) is 5.94. The fourth-order valence-corrected chi connectivity index (χ4v) is 4.55. The van der Waals surface area contributed by atoms with Gasteiger partial charge in [0.05, 0.1) is 13.2 Å². The van der Waals surface area contributed by atoms with Crippen molar-refractivity contribution in [1.82, 2.24) is 9.55 Å². The fourth-order valence-electron chi connectivity index (χ4n) is 4.55. The number of nitrogens with zero attached hydrogens (tertiary/aromatic N) is 1. The number of nitrogens with one attached hydrogen (secondary N) is 2. The molecule has 3 heterocycles. The molecule has 10 nitrogen and oxygen atoms in total. The van der Waals surface area contributed by atoms with E-state index in [1.807, 2.05) is 6.07 Å². The molecular formula is C24H20N4O6. The van der Waals surface area contributed by atoms with E-state index in [4.69, 9.17) is 15.2 Å². The van der Waals surface area contributed by atoms with E-state index in [-0.39, 0.29) is 30.2 Å². The molecule has 0 saturated heterocycles. The second-order valence-electron chi connectivity index (χ2n) is 7.82. The largest absolute Gasteiger partial charge is 0.462 e. The molecule has 1 aromatic heterocycles. The lowest BCUT2D eigenvalue weighted by Crippen LogP contribution is -2.52. The van der Waals surface area contributed by atoms with E-state index in [1.54, 1.807) is 55.5 Å². The van der Waals surface area contributed by atoms with Crippen molar-refractivity contribution in [2.24, 2.45) is 5.73 Å². The maximum Gasteiger partial charge on any atom is 0.341 e. The van der Waals surface area contributed by atoms with E-state index in [9.17, 15) is 19.2 Å². The van der Waals surface area contributed by atoms with Gasteiger partial charge in [-0.1, -0.05) is 48.5 Å². The molecule has 5 rings (SSSR count). The van der Waals surface area contributed by atoms with Crippen LogP contribution in [0.3, 0.4) is 0 Å². The molecule has 172 valence electrons. The van der Waals surface area contributed by atoms with Gasteiger partial charge in [0.15, 0.2) is 0 Å². The average molecular weight is 460 g/mol. The summed E-state index contributed by atoms with van der Waals surface area (Å²) in [7, 11) is 0. The number of para-hydroxylation sites is 1. The Bertz CT molecular complexity index is 1490. The Labute approximate surface area is 192 Å². The smallest absolute Gasteiger partial charge is 0.341 e. The van der Waals surface area contributed by atoms with Crippen LogP contribution in [0.25, 0.3) is 0 Å². The highest BCUT2D eigenvalue weighted by molar-refractivity contribution is 6.17. The lowest BCUT2D eigenvalue weighted by molar-refractivity contribution is -0.140. The van der Waals surface area contributed by atoms with Crippen LogP contribution in [0.5, 0.6) is 5.88 Å². The van der Waals surface area contributed by atoms with Crippen LogP contribution in [0.15, 0.2) is 75.6 Å². The molecule has 3 aromatic rings. The van der Waals surface area contributed by atoms with E-state index in [0.29, 0.717) is 16.8 Å². The molecule has 1 unspecified atom stereocenters. The number of carbonyl (C=O) groups is 2. The fraction of sp³-hybridized carbons (Fsp3) is 0.167. The average Bonchev–Trinajstić information content (AvgIpc) is 3.09. The monoisotopic (exact) mass is 460 g/mol. The van der Waals surface area contributed by atoms with E-state index >= 15 is 0 Å². The van der Waals surface area contributed by atoms with Gasteiger partial charge in [-0.25, -0.2) is 9.59 Å². The molecule has 0 radical (unpaired) electrons. The highest BCUT2D eigenvalue weighted by atomic mass is 16.5. The van der Waals surface area contributed by atoms with Crippen molar-refractivity contribution in [1.29, 1.82) is 0 Å². The number of esters is 1. The third kappa shape index (κ3) is 2.88. The summed E-state index contributed by atoms with van der Waals surface area (Å²) in [5.74, 6) is -2.32. The summed E-state index contributed by atoms with van der Waals surface area (Å²) in [4.78, 5) is 56.0. The second kappa shape index (κ2) is 7.77. The number of fused-ring (bicyclic) bond motifs is 4. The number of hydrogen-bond donors (Lipinski definition) is 3. The Kier molecular flexibility index (Phi) is 4.85. The molecule has 1 atom stereocenters. The molecule has 0 aliphatic carbocycles. The number of hydrogen-bond acceptors (Lipinski definition) is 7. The summed E-state index contributed by atoms with van der Waals surface area (Å²) >= 11 is 0. The Morgan fingerprint density at radius 3 is 2.53 bits per heavy atom. The van der Waals surface area contributed by atoms with Crippen molar-refractivity contribution in [2.45, 2.75) is 18.9 Å². The van der Waals surface area contributed by atoms with Crippen molar-refractivity contribution in [3.05, 3.63) is 104 Å². The van der Waals surface area contributed by atoms with E-state index in [2.05, 4.69) is 10.3 Å². The molecule has 2 aliphatic heterocycles. The van der Waals surface area contributed by atoms with Gasteiger partial charge < -0.3 is 20.5 Å². The molecule has 2 aliphatic rings. The Morgan fingerprint density at radius 2 is 1.79 bits per heavy atom. The lowest BCUT2D eigenvalue weighted by atomic mass is 9.69. The summed E-state index contributed by atoms with van der Waals surface area (Å²) < 4.78 is 11.7. The van der Waals surface area contributed by atoms with Crippen molar-refractivity contribution in [2.75, 3.05) is 11.9 Å². The first-order valence-electron chi connectivity index (χ1n) is 10.6. The number of carbonyl (C=O) groups excluding carboxylic acids is 2. The number of amides is 1. The highest BCUT2D eigenvalue weighted by Gasteiger charge is 2.60. The summed E-state index contributed by atoms with van der Waals surface area (Å²) in [6.07, 6.45) is 0. The van der Waals surface area contributed by atoms with Crippen molar-refractivity contribution in [3.8, 4) is 5.88 Å². The number of H-pyrrole nitrogens is 1. The second-order valence-corrected chi connectivity index (χ2v) is 7.82. The molecule has 0 saturated carbocycles. The molecule has 0 fully saturated rings. The summed E-state index contributed by atoms with van der Waals surface area (Å²) in [5.41, 5.74) is 3.47. The summed E-state index contributed by atoms with van der Waals surface area (Å²) in [6, 6.07) is 15.5. The number of rotatable bonds is 4. The summed E-state index contributed by atoms with van der Waals surface area (Å²) in [6.45, 7) is 1.55. The number of aromatic amines is 1. The topological polar surface area (TPSA) is 146 Å². The number of benzene rings is 2. The normalized spacial score (nSPS) is 18.2. The van der Waals surface area contributed by atoms with Crippen LogP contribution in [0, 0.1) is 0 Å². The zero-order chi connectivity index (χ0) is 24.0. The molecular weight excluding hydrogens is 440 g/mol. The highest BCUT2D eigenvalue weighted by Crippen LogP contribution is 2.51. The summed E-state index contributed by atoms with van der Waals surface area (Å²) in [5, 5.41) is 2.73. The van der Waals surface area contributed by atoms with Crippen molar-refractivity contribution >= 4 is 17.6 Å². The number of ether oxygens (including phenoxy) is 2. The van der Waals surface area contributed by atoms with Gasteiger partial charge in [0, 0.05) is 11.3 Å². The minimum absolute atomic E-state index is 0.00563. The lowest BCUT2D eigenvalue weighted by Gasteiger charge is -2.34. The number of aromatic nitrogens is 2. The SMILES string of the molecule is CCOC(=O)C1=C(N)Oc2[nH]c(=O)n(Cc3ccccc3)c(=O)c2C12C(=O)Nc1ccccc12. The quantitative estimate of drug-likeness (QED) is 0.492. The van der Waals surface area contributed by atoms with Gasteiger partial charge in [0.1, 0.15) is 16.6 Å². The first kappa shape index (κ1) is 21.3.